The predicted octanol–water partition coefficient (Wildman–Crippen LogP) is 2.58. The Labute approximate surface area is 99.7 Å². The first-order chi connectivity index (χ1) is 7.51. The van der Waals surface area contributed by atoms with Gasteiger partial charge in [0, 0.05) is 12.6 Å². The third-order valence-corrected chi connectivity index (χ3v) is 3.89. The van der Waals surface area contributed by atoms with Crippen LogP contribution < -0.4 is 0 Å². The lowest BCUT2D eigenvalue weighted by Gasteiger charge is -2.35. The highest BCUT2D eigenvalue weighted by Gasteiger charge is 2.42. The van der Waals surface area contributed by atoms with Gasteiger partial charge >= 0.3 is 5.97 Å². The molecule has 2 rings (SSSR count). The van der Waals surface area contributed by atoms with Crippen LogP contribution in [0.1, 0.15) is 32.3 Å². The zero-order chi connectivity index (χ0) is 11.8. The molecule has 0 atom stereocenters. The van der Waals surface area contributed by atoms with Crippen LogP contribution >= 0.6 is 11.3 Å². The van der Waals surface area contributed by atoms with Crippen LogP contribution in [0, 0.1) is 0 Å². The number of carbonyl (C=O) groups is 1. The zero-order valence-electron chi connectivity index (χ0n) is 9.64. The van der Waals surface area contributed by atoms with Crippen molar-refractivity contribution in [3.8, 4) is 0 Å². The normalized spacial score (nSPS) is 16.7. The number of hydrogen-bond donors (Lipinski definition) is 1. The van der Waals surface area contributed by atoms with Gasteiger partial charge in [-0.3, -0.25) is 9.69 Å². The zero-order valence-corrected chi connectivity index (χ0v) is 10.5. The van der Waals surface area contributed by atoms with Crippen LogP contribution in [-0.2, 0) is 11.3 Å². The van der Waals surface area contributed by atoms with E-state index >= 15 is 0 Å². The molecule has 1 aromatic heterocycles. The van der Waals surface area contributed by atoms with E-state index in [2.05, 4.69) is 16.3 Å². The molecule has 16 heavy (non-hydrogen) atoms. The van der Waals surface area contributed by atoms with E-state index in [-0.39, 0.29) is 0 Å². The summed E-state index contributed by atoms with van der Waals surface area (Å²) in [6.45, 7) is 4.33. The number of nitrogens with zero attached hydrogens (tertiary/aromatic N) is 1. The van der Waals surface area contributed by atoms with E-state index in [1.54, 1.807) is 25.2 Å². The van der Waals surface area contributed by atoms with Gasteiger partial charge in [0.05, 0.1) is 0 Å². The van der Waals surface area contributed by atoms with E-state index in [0.717, 1.165) is 19.4 Å². The Hall–Kier alpha value is -0.870. The monoisotopic (exact) mass is 239 g/mol. The van der Waals surface area contributed by atoms with Crippen molar-refractivity contribution in [2.75, 3.05) is 0 Å². The lowest BCUT2D eigenvalue weighted by Crippen LogP contribution is -2.50. The molecule has 0 aliphatic heterocycles. The molecule has 0 radical (unpaired) electrons. The maximum atomic E-state index is 11.3. The average Bonchev–Trinajstić information content (AvgIpc) is 2.91. The number of thiophene rings is 1. The quantitative estimate of drug-likeness (QED) is 0.858. The standard InChI is InChI=1S/C12H17NO2S/c1-12(2,11(14)15)13(10-3-4-10)7-9-5-6-16-8-9/h5-6,8,10H,3-4,7H2,1-2H3,(H,14,15). The summed E-state index contributed by atoms with van der Waals surface area (Å²) >= 11 is 1.66. The predicted molar refractivity (Wildman–Crippen MR) is 64.6 cm³/mol. The summed E-state index contributed by atoms with van der Waals surface area (Å²) in [5.74, 6) is -0.741. The van der Waals surface area contributed by atoms with Gasteiger partial charge in [0.1, 0.15) is 5.54 Å². The Morgan fingerprint density at radius 1 is 1.62 bits per heavy atom. The largest absolute Gasteiger partial charge is 0.480 e. The van der Waals surface area contributed by atoms with Gasteiger partial charge in [-0.2, -0.15) is 11.3 Å². The Bertz CT molecular complexity index is 368. The van der Waals surface area contributed by atoms with Gasteiger partial charge in [0.2, 0.25) is 0 Å². The maximum absolute atomic E-state index is 11.3. The second-order valence-electron chi connectivity index (χ2n) is 4.85. The average molecular weight is 239 g/mol. The van der Waals surface area contributed by atoms with Gasteiger partial charge in [0.15, 0.2) is 0 Å². The molecular formula is C12H17NO2S. The Balaban J connectivity index is 2.14. The summed E-state index contributed by atoms with van der Waals surface area (Å²) in [6, 6.07) is 2.52. The van der Waals surface area contributed by atoms with Crippen molar-refractivity contribution in [2.45, 2.75) is 44.8 Å². The van der Waals surface area contributed by atoms with Gasteiger partial charge < -0.3 is 5.11 Å². The fraction of sp³-hybridized carbons (Fsp3) is 0.583. The summed E-state index contributed by atoms with van der Waals surface area (Å²) in [5.41, 5.74) is 0.439. The minimum Gasteiger partial charge on any atom is -0.480 e. The lowest BCUT2D eigenvalue weighted by molar-refractivity contribution is -0.150. The van der Waals surface area contributed by atoms with E-state index in [9.17, 15) is 9.90 Å². The van der Waals surface area contributed by atoms with Crippen molar-refractivity contribution in [3.05, 3.63) is 22.4 Å². The molecule has 3 nitrogen and oxygen atoms in total. The van der Waals surface area contributed by atoms with Gasteiger partial charge in [-0.05, 0) is 49.1 Å². The SMILES string of the molecule is CC(C)(C(=O)O)N(Cc1ccsc1)C1CC1. The number of rotatable bonds is 5. The number of hydrogen-bond acceptors (Lipinski definition) is 3. The molecule has 1 heterocycles. The molecule has 1 aliphatic carbocycles. The molecule has 1 aromatic rings. The van der Waals surface area contributed by atoms with Crippen LogP contribution in [-0.4, -0.2) is 27.6 Å². The topological polar surface area (TPSA) is 40.5 Å². The fourth-order valence-electron chi connectivity index (χ4n) is 1.87. The van der Waals surface area contributed by atoms with Crippen molar-refractivity contribution in [1.82, 2.24) is 4.90 Å². The molecule has 1 saturated carbocycles. The van der Waals surface area contributed by atoms with E-state index in [4.69, 9.17) is 0 Å². The molecule has 0 amide bonds. The molecule has 88 valence electrons. The summed E-state index contributed by atoms with van der Waals surface area (Å²) in [7, 11) is 0. The summed E-state index contributed by atoms with van der Waals surface area (Å²) in [6.07, 6.45) is 2.25. The molecule has 1 N–H and O–H groups in total. The molecular weight excluding hydrogens is 222 g/mol. The highest BCUT2D eigenvalue weighted by atomic mass is 32.1. The van der Waals surface area contributed by atoms with Gasteiger partial charge in [-0.15, -0.1) is 0 Å². The van der Waals surface area contributed by atoms with Gasteiger partial charge in [0.25, 0.3) is 0 Å². The first-order valence-electron chi connectivity index (χ1n) is 5.53. The van der Waals surface area contributed by atoms with E-state index in [1.165, 1.54) is 5.56 Å². The van der Waals surface area contributed by atoms with Crippen LogP contribution in [0.15, 0.2) is 16.8 Å². The molecule has 0 spiro atoms. The van der Waals surface area contributed by atoms with Crippen molar-refractivity contribution >= 4 is 17.3 Å². The van der Waals surface area contributed by atoms with Crippen LogP contribution in [0.4, 0.5) is 0 Å². The second kappa shape index (κ2) is 4.18. The van der Waals surface area contributed by atoms with Crippen LogP contribution in [0.25, 0.3) is 0 Å². The molecule has 0 bridgehead atoms. The first-order valence-corrected chi connectivity index (χ1v) is 6.47. The van der Waals surface area contributed by atoms with E-state index in [1.807, 2.05) is 5.38 Å². The highest BCUT2D eigenvalue weighted by molar-refractivity contribution is 7.07. The van der Waals surface area contributed by atoms with Crippen LogP contribution in [0.3, 0.4) is 0 Å². The van der Waals surface area contributed by atoms with Gasteiger partial charge in [-0.25, -0.2) is 0 Å². The van der Waals surface area contributed by atoms with Crippen molar-refractivity contribution in [3.63, 3.8) is 0 Å². The summed E-state index contributed by atoms with van der Waals surface area (Å²) in [4.78, 5) is 13.4. The molecule has 1 fully saturated rings. The smallest absolute Gasteiger partial charge is 0.323 e. The van der Waals surface area contributed by atoms with E-state index in [0.29, 0.717) is 6.04 Å². The molecule has 4 heteroatoms. The number of carboxylic acid groups (broad SMARTS) is 1. The molecule has 1 aliphatic rings. The third kappa shape index (κ3) is 2.28. The van der Waals surface area contributed by atoms with Gasteiger partial charge in [-0.1, -0.05) is 0 Å². The Morgan fingerprint density at radius 2 is 2.31 bits per heavy atom. The minimum absolute atomic E-state index is 0.450. The van der Waals surface area contributed by atoms with Crippen molar-refractivity contribution in [1.29, 1.82) is 0 Å². The molecule has 0 saturated heterocycles. The van der Waals surface area contributed by atoms with Crippen LogP contribution in [0.2, 0.25) is 0 Å². The lowest BCUT2D eigenvalue weighted by atomic mass is 10.0. The van der Waals surface area contributed by atoms with Crippen molar-refractivity contribution in [2.24, 2.45) is 0 Å². The molecule has 0 aromatic carbocycles. The first kappa shape index (κ1) is 11.6. The van der Waals surface area contributed by atoms with E-state index < -0.39 is 11.5 Å². The summed E-state index contributed by atoms with van der Waals surface area (Å²) < 4.78 is 0. The maximum Gasteiger partial charge on any atom is 0.323 e. The fourth-order valence-corrected chi connectivity index (χ4v) is 2.53. The Morgan fingerprint density at radius 3 is 2.75 bits per heavy atom. The number of carboxylic acids is 1. The highest BCUT2D eigenvalue weighted by Crippen LogP contribution is 2.34. The number of aliphatic carboxylic acids is 1. The minimum atomic E-state index is -0.775. The summed E-state index contributed by atoms with van der Waals surface area (Å²) in [5, 5.41) is 13.4. The van der Waals surface area contributed by atoms with Crippen LogP contribution in [0.5, 0.6) is 0 Å². The third-order valence-electron chi connectivity index (χ3n) is 3.16. The molecule has 0 unspecified atom stereocenters. The Kier molecular flexibility index (Phi) is 3.04. The van der Waals surface area contributed by atoms with Crippen molar-refractivity contribution < 1.29 is 9.90 Å². The second-order valence-corrected chi connectivity index (χ2v) is 5.63.